The Bertz CT molecular complexity index is 991. The van der Waals surface area contributed by atoms with E-state index < -0.39 is 5.60 Å². The van der Waals surface area contributed by atoms with Crippen LogP contribution in [-0.4, -0.2) is 56.5 Å². The second-order valence-corrected chi connectivity index (χ2v) is 10.6. The minimum atomic E-state index is -0.479. The van der Waals surface area contributed by atoms with Crippen LogP contribution in [0.25, 0.3) is 11.0 Å². The molecule has 0 aromatic carbocycles. The highest BCUT2D eigenvalue weighted by Crippen LogP contribution is 2.29. The van der Waals surface area contributed by atoms with Crippen LogP contribution in [0.2, 0.25) is 0 Å². The fraction of sp³-hybridized carbons (Fsp3) is 0.636. The Labute approximate surface area is 186 Å². The van der Waals surface area contributed by atoms with E-state index in [4.69, 9.17) is 9.47 Å². The SMILES string of the molecule is CC(C)(C)OC(=O)N1CCC(SCc2nc3nc(OCC4CC4)ccc3c(=O)[nH]2)CC1. The number of aromatic amines is 1. The van der Waals surface area contributed by atoms with Gasteiger partial charge in [-0.2, -0.15) is 16.7 Å². The smallest absolute Gasteiger partial charge is 0.410 e. The number of carbonyl (C=O) groups is 1. The van der Waals surface area contributed by atoms with Crippen LogP contribution in [0.3, 0.4) is 0 Å². The minimum absolute atomic E-state index is 0.179. The van der Waals surface area contributed by atoms with Gasteiger partial charge in [-0.3, -0.25) is 4.79 Å². The molecule has 4 rings (SSSR count). The first-order valence-corrected chi connectivity index (χ1v) is 11.9. The molecular formula is C22H30N4O4S. The maximum absolute atomic E-state index is 12.4. The third-order valence-corrected chi connectivity index (χ3v) is 6.69. The van der Waals surface area contributed by atoms with E-state index in [0.29, 0.717) is 59.4 Å². The first-order valence-electron chi connectivity index (χ1n) is 10.9. The van der Waals surface area contributed by atoms with Gasteiger partial charge in [0.05, 0.1) is 17.7 Å². The lowest BCUT2D eigenvalue weighted by atomic mass is 10.1. The number of amides is 1. The molecule has 1 saturated carbocycles. The number of fused-ring (bicyclic) bond motifs is 1. The Morgan fingerprint density at radius 2 is 1.94 bits per heavy atom. The minimum Gasteiger partial charge on any atom is -0.477 e. The van der Waals surface area contributed by atoms with Crippen LogP contribution >= 0.6 is 11.8 Å². The maximum Gasteiger partial charge on any atom is 0.410 e. The van der Waals surface area contributed by atoms with E-state index in [-0.39, 0.29) is 11.7 Å². The second kappa shape index (κ2) is 9.06. The highest BCUT2D eigenvalue weighted by atomic mass is 32.2. The predicted octanol–water partition coefficient (Wildman–Crippen LogP) is 3.74. The normalized spacial score (nSPS) is 17.7. The summed E-state index contributed by atoms with van der Waals surface area (Å²) in [6.45, 7) is 7.66. The Balaban J connectivity index is 1.32. The number of H-pyrrole nitrogens is 1. The van der Waals surface area contributed by atoms with E-state index in [1.54, 1.807) is 28.8 Å². The van der Waals surface area contributed by atoms with Gasteiger partial charge < -0.3 is 19.4 Å². The molecule has 9 heteroatoms. The zero-order valence-corrected chi connectivity index (χ0v) is 19.2. The van der Waals surface area contributed by atoms with Crippen LogP contribution in [-0.2, 0) is 10.5 Å². The molecule has 1 amide bonds. The first kappa shape index (κ1) is 21.9. The third-order valence-electron chi connectivity index (χ3n) is 5.31. The monoisotopic (exact) mass is 446 g/mol. The summed E-state index contributed by atoms with van der Waals surface area (Å²) >= 11 is 1.75. The Kier molecular flexibility index (Phi) is 6.41. The van der Waals surface area contributed by atoms with Crippen molar-refractivity contribution < 1.29 is 14.3 Å². The number of nitrogens with zero attached hydrogens (tertiary/aromatic N) is 3. The molecule has 0 spiro atoms. The Morgan fingerprint density at radius 1 is 1.19 bits per heavy atom. The van der Waals surface area contributed by atoms with Gasteiger partial charge in [0.1, 0.15) is 11.4 Å². The van der Waals surface area contributed by atoms with Gasteiger partial charge in [0, 0.05) is 24.4 Å². The molecule has 1 aliphatic heterocycles. The number of pyridine rings is 1. The summed E-state index contributed by atoms with van der Waals surface area (Å²) in [5, 5.41) is 0.874. The van der Waals surface area contributed by atoms with Gasteiger partial charge in [-0.05, 0) is 58.4 Å². The van der Waals surface area contributed by atoms with Crippen molar-refractivity contribution in [1.82, 2.24) is 19.9 Å². The molecule has 2 aromatic rings. The number of piperidine rings is 1. The number of likely N-dealkylation sites (tertiary alicyclic amines) is 1. The van der Waals surface area contributed by atoms with Gasteiger partial charge in [0.15, 0.2) is 5.65 Å². The number of rotatable bonds is 6. The summed E-state index contributed by atoms with van der Waals surface area (Å²) in [5.41, 5.74) is -0.235. The van der Waals surface area contributed by atoms with E-state index in [0.717, 1.165) is 12.8 Å². The molecule has 2 aliphatic rings. The van der Waals surface area contributed by atoms with E-state index >= 15 is 0 Å². The van der Waals surface area contributed by atoms with E-state index in [1.165, 1.54) is 12.8 Å². The molecule has 0 unspecified atom stereocenters. The zero-order chi connectivity index (χ0) is 22.0. The van der Waals surface area contributed by atoms with Gasteiger partial charge in [-0.1, -0.05) is 0 Å². The summed E-state index contributed by atoms with van der Waals surface area (Å²) in [7, 11) is 0. The molecule has 1 saturated heterocycles. The Morgan fingerprint density at radius 3 is 2.61 bits per heavy atom. The van der Waals surface area contributed by atoms with Crippen LogP contribution in [0.15, 0.2) is 16.9 Å². The van der Waals surface area contributed by atoms with Crippen molar-refractivity contribution in [3.63, 3.8) is 0 Å². The largest absolute Gasteiger partial charge is 0.477 e. The molecule has 2 fully saturated rings. The van der Waals surface area contributed by atoms with Crippen LogP contribution in [0.4, 0.5) is 4.79 Å². The summed E-state index contributed by atoms with van der Waals surface area (Å²) in [5.74, 6) is 2.37. The summed E-state index contributed by atoms with van der Waals surface area (Å²) < 4.78 is 11.2. The first-order chi connectivity index (χ1) is 14.8. The molecule has 0 bridgehead atoms. The number of aromatic nitrogens is 3. The topological polar surface area (TPSA) is 97.4 Å². The van der Waals surface area contributed by atoms with Crippen molar-refractivity contribution in [1.29, 1.82) is 0 Å². The van der Waals surface area contributed by atoms with Crippen molar-refractivity contribution in [3.05, 3.63) is 28.3 Å². The number of hydrogen-bond acceptors (Lipinski definition) is 7. The highest BCUT2D eigenvalue weighted by Gasteiger charge is 2.27. The standard InChI is InChI=1S/C22H30N4O4S/c1-22(2,3)30-21(28)26-10-8-15(9-11-26)31-13-17-23-19-16(20(27)24-17)6-7-18(25-19)29-12-14-4-5-14/h6-7,14-15H,4-5,8-13H2,1-3H3,(H,23,24,25,27). The lowest BCUT2D eigenvalue weighted by molar-refractivity contribution is 0.0219. The molecular weight excluding hydrogens is 416 g/mol. The van der Waals surface area contributed by atoms with Gasteiger partial charge in [0.25, 0.3) is 5.56 Å². The summed E-state index contributed by atoms with van der Waals surface area (Å²) in [6.07, 6.45) is 3.95. The van der Waals surface area contributed by atoms with Crippen molar-refractivity contribution >= 4 is 28.9 Å². The molecule has 1 aliphatic carbocycles. The van der Waals surface area contributed by atoms with E-state index in [2.05, 4.69) is 15.0 Å². The number of nitrogens with one attached hydrogen (secondary N) is 1. The van der Waals surface area contributed by atoms with E-state index in [1.807, 2.05) is 20.8 Å². The molecule has 31 heavy (non-hydrogen) atoms. The number of hydrogen-bond donors (Lipinski definition) is 1. The van der Waals surface area contributed by atoms with Gasteiger partial charge in [-0.25, -0.2) is 9.78 Å². The van der Waals surface area contributed by atoms with Crippen LogP contribution < -0.4 is 10.3 Å². The number of ether oxygens (including phenoxy) is 2. The average Bonchev–Trinajstić information content (AvgIpc) is 3.54. The summed E-state index contributed by atoms with van der Waals surface area (Å²) in [6, 6.07) is 3.45. The fourth-order valence-corrected chi connectivity index (χ4v) is 4.49. The third kappa shape index (κ3) is 6.12. The molecule has 3 heterocycles. The maximum atomic E-state index is 12.4. The molecule has 8 nitrogen and oxygen atoms in total. The van der Waals surface area contributed by atoms with Gasteiger partial charge in [0.2, 0.25) is 5.88 Å². The lowest BCUT2D eigenvalue weighted by Gasteiger charge is -2.33. The number of carbonyl (C=O) groups excluding carboxylic acids is 1. The van der Waals surface area contributed by atoms with Crippen LogP contribution in [0.1, 0.15) is 52.3 Å². The van der Waals surface area contributed by atoms with Gasteiger partial charge in [-0.15, -0.1) is 0 Å². The van der Waals surface area contributed by atoms with Crippen molar-refractivity contribution in [3.8, 4) is 5.88 Å². The molecule has 168 valence electrons. The molecule has 1 N–H and O–H groups in total. The highest BCUT2D eigenvalue weighted by molar-refractivity contribution is 7.99. The zero-order valence-electron chi connectivity index (χ0n) is 18.3. The van der Waals surface area contributed by atoms with Crippen LogP contribution in [0, 0.1) is 5.92 Å². The fourth-order valence-electron chi connectivity index (χ4n) is 3.41. The van der Waals surface area contributed by atoms with Crippen molar-refractivity contribution in [2.45, 2.75) is 63.1 Å². The van der Waals surface area contributed by atoms with Crippen molar-refractivity contribution in [2.75, 3.05) is 19.7 Å². The van der Waals surface area contributed by atoms with Crippen LogP contribution in [0.5, 0.6) is 5.88 Å². The predicted molar refractivity (Wildman–Crippen MR) is 121 cm³/mol. The van der Waals surface area contributed by atoms with E-state index in [9.17, 15) is 9.59 Å². The quantitative estimate of drug-likeness (QED) is 0.722. The number of thioether (sulfide) groups is 1. The molecule has 0 radical (unpaired) electrons. The molecule has 2 aromatic heterocycles. The molecule has 0 atom stereocenters. The lowest BCUT2D eigenvalue weighted by Crippen LogP contribution is -2.42. The summed E-state index contributed by atoms with van der Waals surface area (Å²) in [4.78, 5) is 38.3. The second-order valence-electron chi connectivity index (χ2n) is 9.27. The van der Waals surface area contributed by atoms with Gasteiger partial charge >= 0.3 is 6.09 Å². The van der Waals surface area contributed by atoms with Crippen molar-refractivity contribution in [2.24, 2.45) is 5.92 Å². The Hall–Kier alpha value is -2.29. The average molecular weight is 447 g/mol.